The molecule has 0 saturated carbocycles. The topological polar surface area (TPSA) is 47.6 Å². The fourth-order valence-corrected chi connectivity index (χ4v) is 1.26. The van der Waals surface area contributed by atoms with Gasteiger partial charge >= 0.3 is 0 Å². The van der Waals surface area contributed by atoms with Gasteiger partial charge in [-0.15, -0.1) is 0 Å². The van der Waals surface area contributed by atoms with Gasteiger partial charge in [-0.25, -0.2) is 0 Å². The molecule has 0 heterocycles. The van der Waals surface area contributed by atoms with E-state index < -0.39 is 0 Å². The van der Waals surface area contributed by atoms with E-state index in [0.29, 0.717) is 25.0 Å². The summed E-state index contributed by atoms with van der Waals surface area (Å²) >= 11 is 0. The van der Waals surface area contributed by atoms with Crippen molar-refractivity contribution in [1.29, 1.82) is 0 Å². The Morgan fingerprint density at radius 2 is 1.56 bits per heavy atom. The molecule has 0 radical (unpaired) electrons. The molecule has 0 aliphatic carbocycles. The van der Waals surface area contributed by atoms with E-state index in [0.717, 1.165) is 26.0 Å². The van der Waals surface area contributed by atoms with Crippen molar-refractivity contribution in [2.75, 3.05) is 33.0 Å². The molecule has 0 fully saturated rings. The van der Waals surface area contributed by atoms with Gasteiger partial charge in [0.05, 0.1) is 13.2 Å². The second-order valence-electron chi connectivity index (χ2n) is 5.38. The molecule has 1 N–H and O–H groups in total. The predicted octanol–water partition coefficient (Wildman–Crippen LogP) is 2.23. The molecule has 0 aliphatic rings. The van der Waals surface area contributed by atoms with Crippen LogP contribution in [0.5, 0.6) is 0 Å². The van der Waals surface area contributed by atoms with Crippen LogP contribution in [0.25, 0.3) is 0 Å². The summed E-state index contributed by atoms with van der Waals surface area (Å²) in [5.74, 6) is 1.23. The predicted molar refractivity (Wildman–Crippen MR) is 73.6 cm³/mol. The number of amides is 1. The summed E-state index contributed by atoms with van der Waals surface area (Å²) in [6, 6.07) is 0. The highest BCUT2D eigenvalue weighted by atomic mass is 16.5. The van der Waals surface area contributed by atoms with Gasteiger partial charge in [-0.3, -0.25) is 4.79 Å². The van der Waals surface area contributed by atoms with Gasteiger partial charge in [0.2, 0.25) is 5.91 Å². The van der Waals surface area contributed by atoms with E-state index in [1.165, 1.54) is 0 Å². The zero-order valence-electron chi connectivity index (χ0n) is 12.3. The molecule has 0 saturated heterocycles. The number of carbonyl (C=O) groups is 1. The molecular formula is C14H29NO3. The van der Waals surface area contributed by atoms with Crippen LogP contribution in [0.3, 0.4) is 0 Å². The Balaban J connectivity index is 3.20. The SMILES string of the molecule is CC(C)CCNC(=O)COCCOCCC(C)C. The molecule has 0 rings (SSSR count). The Bertz CT molecular complexity index is 205. The summed E-state index contributed by atoms with van der Waals surface area (Å²) in [5, 5.41) is 2.83. The van der Waals surface area contributed by atoms with E-state index in [1.54, 1.807) is 0 Å². The summed E-state index contributed by atoms with van der Waals surface area (Å²) in [5.41, 5.74) is 0. The lowest BCUT2D eigenvalue weighted by Gasteiger charge is -2.08. The Morgan fingerprint density at radius 3 is 2.17 bits per heavy atom. The highest BCUT2D eigenvalue weighted by Crippen LogP contribution is 1.98. The standard InChI is InChI=1S/C14H29NO3/c1-12(2)5-7-15-14(16)11-18-10-9-17-8-6-13(3)4/h12-13H,5-11H2,1-4H3,(H,15,16). The molecule has 0 aliphatic heterocycles. The summed E-state index contributed by atoms with van der Waals surface area (Å²) in [4.78, 5) is 11.3. The van der Waals surface area contributed by atoms with Crippen molar-refractivity contribution in [2.24, 2.45) is 11.8 Å². The minimum absolute atomic E-state index is 0.0437. The second kappa shape index (κ2) is 11.5. The molecule has 0 aromatic heterocycles. The summed E-state index contributed by atoms with van der Waals surface area (Å²) < 4.78 is 10.6. The minimum Gasteiger partial charge on any atom is -0.379 e. The van der Waals surface area contributed by atoms with E-state index in [9.17, 15) is 4.79 Å². The van der Waals surface area contributed by atoms with Crippen LogP contribution in [0.15, 0.2) is 0 Å². The van der Waals surface area contributed by atoms with E-state index in [4.69, 9.17) is 9.47 Å². The Hall–Kier alpha value is -0.610. The van der Waals surface area contributed by atoms with Crippen LogP contribution >= 0.6 is 0 Å². The average molecular weight is 259 g/mol. The number of hydrogen-bond donors (Lipinski definition) is 1. The maximum absolute atomic E-state index is 11.3. The summed E-state index contributed by atoms with van der Waals surface area (Å²) in [7, 11) is 0. The van der Waals surface area contributed by atoms with Crippen molar-refractivity contribution in [3.05, 3.63) is 0 Å². The van der Waals surface area contributed by atoms with Gasteiger partial charge in [0.25, 0.3) is 0 Å². The third-order valence-corrected chi connectivity index (χ3v) is 2.49. The van der Waals surface area contributed by atoms with Gasteiger partial charge in [-0.05, 0) is 24.7 Å². The van der Waals surface area contributed by atoms with Crippen LogP contribution in [0, 0.1) is 11.8 Å². The summed E-state index contributed by atoms with van der Waals surface area (Å²) in [6.07, 6.45) is 2.07. The number of rotatable bonds is 11. The molecule has 0 aromatic carbocycles. The van der Waals surface area contributed by atoms with Gasteiger partial charge in [-0.2, -0.15) is 0 Å². The van der Waals surface area contributed by atoms with E-state index in [1.807, 2.05) is 0 Å². The fourth-order valence-electron chi connectivity index (χ4n) is 1.26. The van der Waals surface area contributed by atoms with Gasteiger partial charge in [0.15, 0.2) is 0 Å². The van der Waals surface area contributed by atoms with Crippen molar-refractivity contribution in [3.8, 4) is 0 Å². The molecule has 0 spiro atoms. The number of carbonyl (C=O) groups excluding carboxylic acids is 1. The first-order valence-corrected chi connectivity index (χ1v) is 6.94. The number of hydrogen-bond acceptors (Lipinski definition) is 3. The first-order chi connectivity index (χ1) is 8.52. The van der Waals surface area contributed by atoms with Gasteiger partial charge in [0.1, 0.15) is 6.61 Å². The molecule has 4 nitrogen and oxygen atoms in total. The van der Waals surface area contributed by atoms with Crippen molar-refractivity contribution in [1.82, 2.24) is 5.32 Å². The maximum Gasteiger partial charge on any atom is 0.245 e. The molecule has 0 atom stereocenters. The van der Waals surface area contributed by atoms with Crippen LogP contribution in [-0.4, -0.2) is 38.9 Å². The maximum atomic E-state index is 11.3. The zero-order valence-corrected chi connectivity index (χ0v) is 12.3. The normalized spacial score (nSPS) is 11.2. The molecule has 1 amide bonds. The van der Waals surface area contributed by atoms with Crippen LogP contribution in [0.4, 0.5) is 0 Å². The summed E-state index contributed by atoms with van der Waals surface area (Å²) in [6.45, 7) is 11.3. The Morgan fingerprint density at radius 1 is 0.944 bits per heavy atom. The highest BCUT2D eigenvalue weighted by molar-refractivity contribution is 5.77. The molecular weight excluding hydrogens is 230 g/mol. The third-order valence-electron chi connectivity index (χ3n) is 2.49. The molecule has 0 unspecified atom stereocenters. The Kier molecular flexibility index (Phi) is 11.1. The van der Waals surface area contributed by atoms with Gasteiger partial charge < -0.3 is 14.8 Å². The molecule has 108 valence electrons. The minimum atomic E-state index is -0.0437. The monoisotopic (exact) mass is 259 g/mol. The lowest BCUT2D eigenvalue weighted by atomic mass is 10.1. The van der Waals surface area contributed by atoms with Crippen molar-refractivity contribution >= 4 is 5.91 Å². The van der Waals surface area contributed by atoms with Crippen molar-refractivity contribution in [2.45, 2.75) is 40.5 Å². The third kappa shape index (κ3) is 13.5. The largest absolute Gasteiger partial charge is 0.379 e. The van der Waals surface area contributed by atoms with Crippen LogP contribution in [0.2, 0.25) is 0 Å². The Labute approximate surface area is 111 Å². The van der Waals surface area contributed by atoms with Gasteiger partial charge in [0, 0.05) is 13.2 Å². The van der Waals surface area contributed by atoms with Crippen molar-refractivity contribution < 1.29 is 14.3 Å². The van der Waals surface area contributed by atoms with Crippen molar-refractivity contribution in [3.63, 3.8) is 0 Å². The van der Waals surface area contributed by atoms with Crippen LogP contribution in [0.1, 0.15) is 40.5 Å². The van der Waals surface area contributed by atoms with Gasteiger partial charge in [-0.1, -0.05) is 27.7 Å². The molecule has 0 aromatic rings. The zero-order chi connectivity index (χ0) is 13.8. The van der Waals surface area contributed by atoms with Crippen LogP contribution in [-0.2, 0) is 14.3 Å². The van der Waals surface area contributed by atoms with E-state index in [-0.39, 0.29) is 12.5 Å². The number of nitrogens with one attached hydrogen (secondary N) is 1. The second-order valence-corrected chi connectivity index (χ2v) is 5.38. The number of ether oxygens (including phenoxy) is 2. The fraction of sp³-hybridized carbons (Fsp3) is 0.929. The molecule has 0 bridgehead atoms. The highest BCUT2D eigenvalue weighted by Gasteiger charge is 2.01. The van der Waals surface area contributed by atoms with E-state index in [2.05, 4.69) is 33.0 Å². The quantitative estimate of drug-likeness (QED) is 0.579. The van der Waals surface area contributed by atoms with Crippen LogP contribution < -0.4 is 5.32 Å². The molecule has 18 heavy (non-hydrogen) atoms. The lowest BCUT2D eigenvalue weighted by Crippen LogP contribution is -2.29. The molecule has 4 heteroatoms. The lowest BCUT2D eigenvalue weighted by molar-refractivity contribution is -0.126. The first-order valence-electron chi connectivity index (χ1n) is 6.94. The first kappa shape index (κ1) is 17.4. The smallest absolute Gasteiger partial charge is 0.245 e. The van der Waals surface area contributed by atoms with E-state index >= 15 is 0 Å². The average Bonchev–Trinajstić information content (AvgIpc) is 2.26.